The van der Waals surface area contributed by atoms with Gasteiger partial charge in [0, 0.05) is 17.7 Å². The van der Waals surface area contributed by atoms with E-state index < -0.39 is 0 Å². The number of hydrogen-bond donors (Lipinski definition) is 2. The summed E-state index contributed by atoms with van der Waals surface area (Å²) in [6, 6.07) is 16.0. The minimum atomic E-state index is -0.235. The normalized spacial score (nSPS) is 17.8. The molecule has 132 valence electrons. The molecule has 5 heteroatoms. The van der Waals surface area contributed by atoms with Crippen LogP contribution in [0.5, 0.6) is 11.5 Å². The maximum atomic E-state index is 6.07. The smallest absolute Gasteiger partial charge is 0.171 e. The van der Waals surface area contributed by atoms with Gasteiger partial charge in [0.1, 0.15) is 17.1 Å². The van der Waals surface area contributed by atoms with Crippen LogP contribution in [0.15, 0.2) is 48.5 Å². The highest BCUT2D eigenvalue weighted by Crippen LogP contribution is 2.39. The summed E-state index contributed by atoms with van der Waals surface area (Å²) in [4.78, 5) is 0. The number of fused-ring (bicyclic) bond motifs is 1. The van der Waals surface area contributed by atoms with Crippen molar-refractivity contribution >= 4 is 23.0 Å². The molecule has 0 radical (unpaired) electrons. The van der Waals surface area contributed by atoms with Crippen molar-refractivity contribution in [2.75, 3.05) is 11.9 Å². The Morgan fingerprint density at radius 3 is 2.64 bits per heavy atom. The Morgan fingerprint density at radius 1 is 1.20 bits per heavy atom. The van der Waals surface area contributed by atoms with Crippen molar-refractivity contribution in [1.29, 1.82) is 0 Å². The van der Waals surface area contributed by atoms with Gasteiger partial charge in [0.2, 0.25) is 0 Å². The molecule has 2 N–H and O–H groups in total. The first kappa shape index (κ1) is 17.5. The Kier molecular flexibility index (Phi) is 5.13. The van der Waals surface area contributed by atoms with Gasteiger partial charge < -0.3 is 20.1 Å². The maximum Gasteiger partial charge on any atom is 0.171 e. The molecule has 0 bridgehead atoms. The first-order valence-corrected chi connectivity index (χ1v) is 8.96. The van der Waals surface area contributed by atoms with E-state index in [0.29, 0.717) is 11.7 Å². The summed E-state index contributed by atoms with van der Waals surface area (Å²) in [6.45, 7) is 6.82. The van der Waals surface area contributed by atoms with Gasteiger partial charge in [-0.2, -0.15) is 0 Å². The Morgan fingerprint density at radius 2 is 1.92 bits per heavy atom. The number of hydrogen-bond acceptors (Lipinski definition) is 3. The highest BCUT2D eigenvalue weighted by molar-refractivity contribution is 7.80. The van der Waals surface area contributed by atoms with E-state index in [1.54, 1.807) is 0 Å². The lowest BCUT2D eigenvalue weighted by molar-refractivity contribution is 0.0697. The van der Waals surface area contributed by atoms with Gasteiger partial charge in [0.15, 0.2) is 5.11 Å². The fourth-order valence-electron chi connectivity index (χ4n) is 3.06. The van der Waals surface area contributed by atoms with E-state index in [1.807, 2.05) is 49.4 Å². The molecular weight excluding hydrogens is 332 g/mol. The lowest BCUT2D eigenvalue weighted by Crippen LogP contribution is -2.42. The molecule has 0 fully saturated rings. The van der Waals surface area contributed by atoms with Crippen LogP contribution < -0.4 is 20.1 Å². The Bertz CT molecular complexity index is 744. The van der Waals surface area contributed by atoms with E-state index in [9.17, 15) is 0 Å². The van der Waals surface area contributed by atoms with Crippen LogP contribution in [0.4, 0.5) is 5.69 Å². The molecule has 25 heavy (non-hydrogen) atoms. The summed E-state index contributed by atoms with van der Waals surface area (Å²) in [5.41, 5.74) is 1.83. The van der Waals surface area contributed by atoms with Gasteiger partial charge in [0.05, 0.1) is 12.6 Å². The topological polar surface area (TPSA) is 42.5 Å². The summed E-state index contributed by atoms with van der Waals surface area (Å²) in [5.74, 6) is 1.77. The zero-order valence-corrected chi connectivity index (χ0v) is 15.7. The highest BCUT2D eigenvalue weighted by Gasteiger charge is 2.33. The van der Waals surface area contributed by atoms with Crippen molar-refractivity contribution in [3.8, 4) is 11.5 Å². The van der Waals surface area contributed by atoms with Crippen LogP contribution in [0.2, 0.25) is 0 Å². The van der Waals surface area contributed by atoms with Gasteiger partial charge >= 0.3 is 0 Å². The van der Waals surface area contributed by atoms with Gasteiger partial charge in [-0.3, -0.25) is 0 Å². The minimum Gasteiger partial charge on any atom is -0.494 e. The molecule has 1 heterocycles. The fraction of sp³-hybridized carbons (Fsp3) is 0.350. The molecule has 0 saturated carbocycles. The van der Waals surface area contributed by atoms with Crippen molar-refractivity contribution in [2.45, 2.75) is 38.8 Å². The maximum absolute atomic E-state index is 6.07. The van der Waals surface area contributed by atoms with Gasteiger partial charge in [-0.15, -0.1) is 0 Å². The lowest BCUT2D eigenvalue weighted by atomic mass is 9.90. The van der Waals surface area contributed by atoms with Crippen LogP contribution in [-0.2, 0) is 0 Å². The van der Waals surface area contributed by atoms with E-state index in [-0.39, 0.29) is 11.6 Å². The molecule has 2 aromatic carbocycles. The lowest BCUT2D eigenvalue weighted by Gasteiger charge is -2.38. The molecule has 0 spiro atoms. The first-order chi connectivity index (χ1) is 12.0. The second-order valence-electron chi connectivity index (χ2n) is 6.71. The van der Waals surface area contributed by atoms with Crippen LogP contribution in [-0.4, -0.2) is 17.3 Å². The molecule has 0 aromatic heterocycles. The molecule has 1 aliphatic heterocycles. The van der Waals surface area contributed by atoms with Gasteiger partial charge in [-0.25, -0.2) is 0 Å². The predicted molar refractivity (Wildman–Crippen MR) is 105 cm³/mol. The number of para-hydroxylation sites is 1. The first-order valence-electron chi connectivity index (χ1n) is 8.55. The van der Waals surface area contributed by atoms with Crippen LogP contribution in [0.1, 0.15) is 38.8 Å². The second kappa shape index (κ2) is 7.31. The van der Waals surface area contributed by atoms with Crippen molar-refractivity contribution in [2.24, 2.45) is 0 Å². The molecule has 0 aliphatic carbocycles. The van der Waals surface area contributed by atoms with Crippen molar-refractivity contribution in [3.05, 3.63) is 54.1 Å². The molecule has 0 amide bonds. The van der Waals surface area contributed by atoms with Crippen LogP contribution >= 0.6 is 12.2 Å². The summed E-state index contributed by atoms with van der Waals surface area (Å²) in [6.07, 6.45) is 0.842. The highest BCUT2D eigenvalue weighted by atomic mass is 32.1. The zero-order chi connectivity index (χ0) is 17.9. The third-order valence-corrected chi connectivity index (χ3v) is 4.32. The minimum absolute atomic E-state index is 0.114. The second-order valence-corrected chi connectivity index (χ2v) is 7.12. The monoisotopic (exact) mass is 356 g/mol. The number of rotatable bonds is 4. The van der Waals surface area contributed by atoms with E-state index >= 15 is 0 Å². The van der Waals surface area contributed by atoms with Crippen molar-refractivity contribution in [3.63, 3.8) is 0 Å². The third-order valence-electron chi connectivity index (χ3n) is 4.10. The molecule has 3 rings (SSSR count). The van der Waals surface area contributed by atoms with E-state index in [4.69, 9.17) is 21.7 Å². The number of benzene rings is 2. The number of ether oxygens (including phenoxy) is 2. The Labute approximate surface area is 154 Å². The third kappa shape index (κ3) is 4.42. The Balaban J connectivity index is 1.68. The quantitative estimate of drug-likeness (QED) is 0.779. The number of anilines is 1. The van der Waals surface area contributed by atoms with Crippen molar-refractivity contribution in [1.82, 2.24) is 5.32 Å². The summed E-state index contributed by atoms with van der Waals surface area (Å²) in [7, 11) is 0. The SMILES string of the molecule is CCOc1ccc(NC(=S)NC2CC(C)(C)Oc3ccccc32)cc1. The van der Waals surface area contributed by atoms with E-state index in [2.05, 4.69) is 30.5 Å². The van der Waals surface area contributed by atoms with Crippen LogP contribution in [0.3, 0.4) is 0 Å². The molecule has 4 nitrogen and oxygen atoms in total. The zero-order valence-electron chi connectivity index (χ0n) is 14.8. The molecule has 2 aromatic rings. The van der Waals surface area contributed by atoms with E-state index in [1.165, 1.54) is 0 Å². The summed E-state index contributed by atoms with van der Waals surface area (Å²) in [5, 5.41) is 7.27. The largest absolute Gasteiger partial charge is 0.494 e. The van der Waals surface area contributed by atoms with Gasteiger partial charge in [0.25, 0.3) is 0 Å². The van der Waals surface area contributed by atoms with Gasteiger partial charge in [-0.1, -0.05) is 18.2 Å². The van der Waals surface area contributed by atoms with Crippen LogP contribution in [0.25, 0.3) is 0 Å². The van der Waals surface area contributed by atoms with E-state index in [0.717, 1.165) is 29.2 Å². The van der Waals surface area contributed by atoms with Crippen LogP contribution in [0, 0.1) is 0 Å². The average molecular weight is 356 g/mol. The molecule has 1 unspecified atom stereocenters. The molecule has 1 aliphatic rings. The number of thiocarbonyl (C=S) groups is 1. The predicted octanol–water partition coefficient (Wildman–Crippen LogP) is 4.67. The molecule has 0 saturated heterocycles. The summed E-state index contributed by atoms with van der Waals surface area (Å²) >= 11 is 5.51. The number of nitrogens with one attached hydrogen (secondary N) is 2. The molecular formula is C20H24N2O2S. The van der Waals surface area contributed by atoms with Crippen molar-refractivity contribution < 1.29 is 9.47 Å². The average Bonchev–Trinajstić information content (AvgIpc) is 2.56. The fourth-order valence-corrected chi connectivity index (χ4v) is 3.32. The Hall–Kier alpha value is -2.27. The molecule has 1 atom stereocenters. The summed E-state index contributed by atoms with van der Waals surface area (Å²) < 4.78 is 11.5. The van der Waals surface area contributed by atoms with Gasteiger partial charge in [-0.05, 0) is 63.3 Å². The standard InChI is InChI=1S/C20H24N2O2S/c1-4-23-15-11-9-14(10-12-15)21-19(25)22-17-13-20(2,3)24-18-8-6-5-7-16(17)18/h5-12,17H,4,13H2,1-3H3,(H2,21,22,25).